The molecule has 4 amide bonds. The van der Waals surface area contributed by atoms with Crippen molar-refractivity contribution in [1.82, 2.24) is 15.8 Å². The van der Waals surface area contributed by atoms with Crippen LogP contribution in [-0.2, 0) is 9.59 Å². The molecule has 1 aromatic carbocycles. The Morgan fingerprint density at radius 3 is 2.58 bits per heavy atom. The molecule has 0 radical (unpaired) electrons. The van der Waals surface area contributed by atoms with E-state index in [9.17, 15) is 14.4 Å². The number of nitrogens with zero attached hydrogens (tertiary/aromatic N) is 1. The molecule has 26 heavy (non-hydrogen) atoms. The van der Waals surface area contributed by atoms with E-state index in [1.807, 2.05) is 24.4 Å². The van der Waals surface area contributed by atoms with E-state index in [1.165, 1.54) is 0 Å². The number of imide groups is 1. The van der Waals surface area contributed by atoms with Crippen LogP contribution in [0, 0.1) is 0 Å². The van der Waals surface area contributed by atoms with E-state index in [-0.39, 0.29) is 24.4 Å². The molecule has 1 atom stereocenters. The van der Waals surface area contributed by atoms with Crippen LogP contribution >= 0.6 is 11.6 Å². The molecule has 3 rings (SSSR count). The molecule has 1 saturated carbocycles. The second kappa shape index (κ2) is 7.63. The average Bonchev–Trinajstić information content (AvgIpc) is 2.85. The van der Waals surface area contributed by atoms with Gasteiger partial charge in [-0.25, -0.2) is 4.79 Å². The number of hydrogen-bond acceptors (Lipinski definition) is 3. The lowest BCUT2D eigenvalue weighted by Crippen LogP contribution is -2.87. The summed E-state index contributed by atoms with van der Waals surface area (Å²) < 4.78 is 0. The number of rotatable bonds is 5. The smallest absolute Gasteiger partial charge is 0.332 e. The molecule has 0 bridgehead atoms. The van der Waals surface area contributed by atoms with Gasteiger partial charge in [-0.05, 0) is 31.9 Å². The highest BCUT2D eigenvalue weighted by Crippen LogP contribution is 2.32. The Kier molecular flexibility index (Phi) is 5.48. The maximum absolute atomic E-state index is 12.6. The average molecular weight is 380 g/mol. The molecule has 0 aromatic heterocycles. The van der Waals surface area contributed by atoms with Crippen molar-refractivity contribution in [2.75, 3.05) is 6.54 Å². The highest BCUT2D eigenvalue weighted by atomic mass is 35.5. The fourth-order valence-electron chi connectivity index (χ4n) is 3.57. The van der Waals surface area contributed by atoms with Crippen LogP contribution < -0.4 is 16.1 Å². The van der Waals surface area contributed by atoms with Crippen molar-refractivity contribution in [2.24, 2.45) is 0 Å². The van der Waals surface area contributed by atoms with Gasteiger partial charge in [-0.3, -0.25) is 15.0 Å². The number of nitrogens with two attached hydrogens (primary N) is 1. The molecule has 1 spiro atoms. The van der Waals surface area contributed by atoms with Crippen LogP contribution in [0.2, 0.25) is 5.02 Å². The molecule has 1 aromatic rings. The minimum absolute atomic E-state index is 0.0470. The van der Waals surface area contributed by atoms with Crippen molar-refractivity contribution < 1.29 is 19.7 Å². The number of carbonyl (C=O) groups excluding carboxylic acids is 3. The minimum atomic E-state index is -0.830. The summed E-state index contributed by atoms with van der Waals surface area (Å²) in [6, 6.07) is 6.93. The van der Waals surface area contributed by atoms with Crippen LogP contribution in [-0.4, -0.2) is 34.9 Å². The topological polar surface area (TPSA) is 95.1 Å². The number of amides is 4. The van der Waals surface area contributed by atoms with Gasteiger partial charge in [0.2, 0.25) is 0 Å². The molecule has 1 aliphatic carbocycles. The molecule has 1 aliphatic heterocycles. The van der Waals surface area contributed by atoms with Gasteiger partial charge in [0.1, 0.15) is 11.6 Å². The predicted octanol–water partition coefficient (Wildman–Crippen LogP) is 1.25. The quantitative estimate of drug-likeness (QED) is 0.672. The maximum atomic E-state index is 12.6. The van der Waals surface area contributed by atoms with Crippen LogP contribution in [0.5, 0.6) is 0 Å². The molecule has 4 N–H and O–H groups in total. The van der Waals surface area contributed by atoms with Crippen LogP contribution in [0.4, 0.5) is 4.79 Å². The van der Waals surface area contributed by atoms with Gasteiger partial charge in [-0.15, -0.1) is 0 Å². The zero-order valence-electron chi connectivity index (χ0n) is 14.8. The van der Waals surface area contributed by atoms with Crippen molar-refractivity contribution in [3.63, 3.8) is 0 Å². The van der Waals surface area contributed by atoms with Crippen LogP contribution in [0.15, 0.2) is 24.3 Å². The van der Waals surface area contributed by atoms with Gasteiger partial charge in [-0.1, -0.05) is 43.0 Å². The van der Waals surface area contributed by atoms with E-state index in [1.54, 1.807) is 12.1 Å². The van der Waals surface area contributed by atoms with Crippen molar-refractivity contribution >= 4 is 29.4 Å². The second-order valence-electron chi connectivity index (χ2n) is 7.03. The van der Waals surface area contributed by atoms with Crippen molar-refractivity contribution in [3.05, 3.63) is 34.9 Å². The first-order chi connectivity index (χ1) is 12.4. The molecule has 1 heterocycles. The Labute approximate surface area is 157 Å². The summed E-state index contributed by atoms with van der Waals surface area (Å²) in [7, 11) is 0. The standard InChI is InChI=1S/C18H23ClN4O3/c1-12(13-5-7-14(19)8-6-13)20-11-15(24)22-23-16(25)18(21-17(23)26)9-3-2-4-10-18/h5-8,12,20H,2-4,9-11H2,1H3,(H,21,26)(H,22,24)/p+1/t12-/m0/s1. The van der Waals surface area contributed by atoms with Crippen molar-refractivity contribution in [3.8, 4) is 0 Å². The van der Waals surface area contributed by atoms with E-state index in [0.29, 0.717) is 17.9 Å². The van der Waals surface area contributed by atoms with E-state index in [2.05, 4.69) is 10.7 Å². The Morgan fingerprint density at radius 2 is 1.92 bits per heavy atom. The molecular formula is C18H24ClN4O3+. The first-order valence-corrected chi connectivity index (χ1v) is 9.34. The highest BCUT2D eigenvalue weighted by molar-refractivity contribution is 6.30. The Hall–Kier alpha value is -2.12. The first kappa shape index (κ1) is 18.7. The highest BCUT2D eigenvalue weighted by Gasteiger charge is 2.52. The van der Waals surface area contributed by atoms with Gasteiger partial charge in [0.25, 0.3) is 11.8 Å². The molecule has 1 saturated heterocycles. The van der Waals surface area contributed by atoms with Gasteiger partial charge in [-0.2, -0.15) is 5.01 Å². The summed E-state index contributed by atoms with van der Waals surface area (Å²) in [5, 5.41) is 6.11. The number of benzene rings is 1. The zero-order chi connectivity index (χ0) is 18.7. The van der Waals surface area contributed by atoms with Gasteiger partial charge in [0.15, 0.2) is 6.54 Å². The molecule has 140 valence electrons. The molecular weight excluding hydrogens is 356 g/mol. The van der Waals surface area contributed by atoms with Crippen LogP contribution in [0.3, 0.4) is 0 Å². The number of hydrogen-bond donors (Lipinski definition) is 3. The molecule has 0 unspecified atom stereocenters. The third kappa shape index (κ3) is 3.83. The Bertz CT molecular complexity index is 701. The summed E-state index contributed by atoms with van der Waals surface area (Å²) in [5.41, 5.74) is 2.66. The van der Waals surface area contributed by atoms with E-state index < -0.39 is 11.6 Å². The summed E-state index contributed by atoms with van der Waals surface area (Å²) in [4.78, 5) is 37.0. The largest absolute Gasteiger partial charge is 0.344 e. The lowest BCUT2D eigenvalue weighted by Gasteiger charge is -2.30. The van der Waals surface area contributed by atoms with E-state index in [4.69, 9.17) is 11.6 Å². The molecule has 2 aliphatic rings. The summed E-state index contributed by atoms with van der Waals surface area (Å²) in [6.45, 7) is 2.08. The number of nitrogens with one attached hydrogen (secondary N) is 2. The Balaban J connectivity index is 1.53. The SMILES string of the molecule is C[C@H]([NH2+]CC(=O)NN1C(=O)NC2(CCCCC2)C1=O)c1ccc(Cl)cc1. The summed E-state index contributed by atoms with van der Waals surface area (Å²) in [6.07, 6.45) is 4.13. The number of hydrazine groups is 1. The maximum Gasteiger partial charge on any atom is 0.344 e. The third-order valence-corrected chi connectivity index (χ3v) is 5.41. The fraction of sp³-hybridized carbons (Fsp3) is 0.500. The molecule has 8 heteroatoms. The minimum Gasteiger partial charge on any atom is -0.332 e. The van der Waals surface area contributed by atoms with E-state index in [0.717, 1.165) is 29.8 Å². The molecule has 7 nitrogen and oxygen atoms in total. The lowest BCUT2D eigenvalue weighted by atomic mass is 9.82. The van der Waals surface area contributed by atoms with E-state index >= 15 is 0 Å². The Morgan fingerprint density at radius 1 is 1.27 bits per heavy atom. The van der Waals surface area contributed by atoms with Gasteiger partial charge in [0.05, 0.1) is 0 Å². The normalized spacial score (nSPS) is 20.2. The first-order valence-electron chi connectivity index (χ1n) is 8.96. The zero-order valence-corrected chi connectivity index (χ0v) is 15.5. The molecule has 2 fully saturated rings. The number of quaternary nitrogens is 1. The predicted molar refractivity (Wildman–Crippen MR) is 96.0 cm³/mol. The number of urea groups is 1. The van der Waals surface area contributed by atoms with Gasteiger partial charge in [0, 0.05) is 10.6 Å². The van der Waals surface area contributed by atoms with Crippen molar-refractivity contribution in [1.29, 1.82) is 0 Å². The second-order valence-corrected chi connectivity index (χ2v) is 7.46. The third-order valence-electron chi connectivity index (χ3n) is 5.16. The number of halogens is 1. The van der Waals surface area contributed by atoms with Crippen LogP contribution in [0.1, 0.15) is 50.6 Å². The van der Waals surface area contributed by atoms with Crippen molar-refractivity contribution in [2.45, 2.75) is 50.6 Å². The summed E-state index contributed by atoms with van der Waals surface area (Å²) >= 11 is 5.88. The van der Waals surface area contributed by atoms with Gasteiger partial charge < -0.3 is 10.6 Å². The number of carbonyl (C=O) groups is 3. The monoisotopic (exact) mass is 379 g/mol. The fourth-order valence-corrected chi connectivity index (χ4v) is 3.70. The van der Waals surface area contributed by atoms with Gasteiger partial charge >= 0.3 is 6.03 Å². The van der Waals surface area contributed by atoms with Crippen LogP contribution in [0.25, 0.3) is 0 Å². The summed E-state index contributed by atoms with van der Waals surface area (Å²) in [5.74, 6) is -0.733. The lowest BCUT2D eigenvalue weighted by molar-refractivity contribution is -0.682.